The molecule has 0 saturated heterocycles. The molecule has 0 heterocycles. The van der Waals surface area contributed by atoms with Crippen LogP contribution in [0.2, 0.25) is 0 Å². The van der Waals surface area contributed by atoms with Gasteiger partial charge in [-0.2, -0.15) is 0 Å². The second-order valence-electron chi connectivity index (χ2n) is 2.94. The molecule has 0 bridgehead atoms. The molecule has 50 valence electrons. The Labute approximate surface area is 56.1 Å². The van der Waals surface area contributed by atoms with Crippen LogP contribution < -0.4 is 5.32 Å². The fraction of sp³-hybridized carbons (Fsp3) is 0.857. The van der Waals surface area contributed by atoms with E-state index in [4.69, 9.17) is 6.57 Å². The number of hydrogen-bond acceptors (Lipinski definition) is 1. The Balaban J connectivity index is 2.36. The first-order valence-electron chi connectivity index (χ1n) is 3.35. The lowest BCUT2D eigenvalue weighted by atomic mass is 10.3. The summed E-state index contributed by atoms with van der Waals surface area (Å²) in [4.78, 5) is 3.51. The van der Waals surface area contributed by atoms with E-state index in [1.165, 1.54) is 0 Å². The Morgan fingerprint density at radius 1 is 1.56 bits per heavy atom. The van der Waals surface area contributed by atoms with Crippen molar-refractivity contribution < 1.29 is 0 Å². The summed E-state index contributed by atoms with van der Waals surface area (Å²) >= 11 is 0. The zero-order valence-electron chi connectivity index (χ0n) is 5.94. The lowest BCUT2D eigenvalue weighted by molar-refractivity contribution is 0.511. The van der Waals surface area contributed by atoms with Crippen molar-refractivity contribution in [1.29, 1.82) is 0 Å². The van der Waals surface area contributed by atoms with Gasteiger partial charge in [0.2, 0.25) is 0 Å². The van der Waals surface area contributed by atoms with E-state index in [0.717, 1.165) is 12.8 Å². The van der Waals surface area contributed by atoms with Gasteiger partial charge in [-0.1, -0.05) is 0 Å². The quantitative estimate of drug-likeness (QED) is 0.550. The van der Waals surface area contributed by atoms with Crippen molar-refractivity contribution in [2.75, 3.05) is 0 Å². The molecule has 0 radical (unpaired) electrons. The highest BCUT2D eigenvalue weighted by Gasteiger charge is 2.50. The van der Waals surface area contributed by atoms with Crippen LogP contribution in [0.15, 0.2) is 0 Å². The fourth-order valence-corrected chi connectivity index (χ4v) is 0.944. The third kappa shape index (κ3) is 1.43. The van der Waals surface area contributed by atoms with E-state index < -0.39 is 0 Å². The molecule has 2 heteroatoms. The smallest absolute Gasteiger partial charge is 0.287 e. The van der Waals surface area contributed by atoms with Crippen LogP contribution in [0.5, 0.6) is 0 Å². The van der Waals surface area contributed by atoms with Crippen LogP contribution >= 0.6 is 0 Å². The maximum absolute atomic E-state index is 6.82. The maximum atomic E-state index is 6.82. The van der Waals surface area contributed by atoms with Gasteiger partial charge in [-0.15, -0.1) is 0 Å². The van der Waals surface area contributed by atoms with Gasteiger partial charge in [-0.3, -0.25) is 4.85 Å². The van der Waals surface area contributed by atoms with Crippen LogP contribution in [-0.2, 0) is 0 Å². The summed E-state index contributed by atoms with van der Waals surface area (Å²) in [6.45, 7) is 11.0. The molecular weight excluding hydrogens is 112 g/mol. The SMILES string of the molecule is [C-]#[N+]C1(NC(C)C)CC1. The van der Waals surface area contributed by atoms with E-state index in [1.807, 2.05) is 0 Å². The van der Waals surface area contributed by atoms with Crippen LogP contribution in [-0.4, -0.2) is 11.7 Å². The van der Waals surface area contributed by atoms with E-state index in [9.17, 15) is 0 Å². The van der Waals surface area contributed by atoms with Gasteiger partial charge in [0.05, 0.1) is 0 Å². The topological polar surface area (TPSA) is 16.4 Å². The average molecular weight is 124 g/mol. The van der Waals surface area contributed by atoms with Crippen LogP contribution in [0.3, 0.4) is 0 Å². The molecule has 0 aliphatic heterocycles. The minimum Gasteiger partial charge on any atom is -0.293 e. The zero-order valence-corrected chi connectivity index (χ0v) is 5.94. The minimum atomic E-state index is -0.145. The van der Waals surface area contributed by atoms with Crippen molar-refractivity contribution in [3.8, 4) is 0 Å². The molecule has 0 atom stereocenters. The Kier molecular flexibility index (Phi) is 1.46. The monoisotopic (exact) mass is 124 g/mol. The highest BCUT2D eigenvalue weighted by atomic mass is 15.2. The zero-order chi connectivity index (χ0) is 6.91. The molecule has 1 N–H and O–H groups in total. The van der Waals surface area contributed by atoms with Crippen molar-refractivity contribution in [3.05, 3.63) is 11.4 Å². The van der Waals surface area contributed by atoms with Gasteiger partial charge in [0.15, 0.2) is 0 Å². The first-order chi connectivity index (χ1) is 4.18. The molecule has 0 aromatic carbocycles. The number of rotatable bonds is 2. The van der Waals surface area contributed by atoms with Crippen molar-refractivity contribution >= 4 is 0 Å². The van der Waals surface area contributed by atoms with Gasteiger partial charge in [0.1, 0.15) is 0 Å². The van der Waals surface area contributed by atoms with Crippen LogP contribution in [0.1, 0.15) is 26.7 Å². The largest absolute Gasteiger partial charge is 0.293 e. The Morgan fingerprint density at radius 3 is 2.22 bits per heavy atom. The summed E-state index contributed by atoms with van der Waals surface area (Å²) in [5.41, 5.74) is -0.145. The number of hydrogen-bond donors (Lipinski definition) is 1. The molecule has 2 nitrogen and oxygen atoms in total. The predicted octanol–water partition coefficient (Wildman–Crippen LogP) is 1.39. The molecule has 0 amide bonds. The van der Waals surface area contributed by atoms with Gasteiger partial charge < -0.3 is 0 Å². The minimum absolute atomic E-state index is 0.145. The van der Waals surface area contributed by atoms with Crippen LogP contribution in [0.25, 0.3) is 4.85 Å². The van der Waals surface area contributed by atoms with Crippen LogP contribution in [0.4, 0.5) is 0 Å². The molecule has 0 unspecified atom stereocenters. The third-order valence-electron chi connectivity index (χ3n) is 1.49. The standard InChI is InChI=1S/C7H12N2/c1-6(2)9-7(8-3)4-5-7/h6,9H,4-5H2,1-2H3. The summed E-state index contributed by atoms with van der Waals surface area (Å²) in [6.07, 6.45) is 2.07. The molecule has 0 aromatic rings. The lowest BCUT2D eigenvalue weighted by Gasteiger charge is -2.07. The Bertz CT molecular complexity index is 139. The van der Waals surface area contributed by atoms with E-state index >= 15 is 0 Å². The molecule has 1 saturated carbocycles. The molecule has 1 fully saturated rings. The second kappa shape index (κ2) is 2.00. The van der Waals surface area contributed by atoms with Crippen molar-refractivity contribution in [3.63, 3.8) is 0 Å². The maximum Gasteiger partial charge on any atom is 0.287 e. The second-order valence-corrected chi connectivity index (χ2v) is 2.94. The molecule has 1 aliphatic rings. The Morgan fingerprint density at radius 2 is 2.11 bits per heavy atom. The summed E-state index contributed by atoms with van der Waals surface area (Å²) in [7, 11) is 0. The van der Waals surface area contributed by atoms with Gasteiger partial charge in [0, 0.05) is 18.9 Å². The van der Waals surface area contributed by atoms with Crippen molar-refractivity contribution in [2.45, 2.75) is 38.4 Å². The van der Waals surface area contributed by atoms with E-state index in [0.29, 0.717) is 6.04 Å². The summed E-state index contributed by atoms with van der Waals surface area (Å²) in [5, 5.41) is 3.23. The molecule has 0 aromatic heterocycles. The van der Waals surface area contributed by atoms with E-state index in [-0.39, 0.29) is 5.66 Å². The van der Waals surface area contributed by atoms with Crippen molar-refractivity contribution in [2.24, 2.45) is 0 Å². The van der Waals surface area contributed by atoms with Gasteiger partial charge in [-0.05, 0) is 13.8 Å². The summed E-state index contributed by atoms with van der Waals surface area (Å²) in [6, 6.07) is 0.446. The molecular formula is C7H12N2. The number of nitrogens with zero attached hydrogens (tertiary/aromatic N) is 1. The molecule has 0 spiro atoms. The fourth-order valence-electron chi connectivity index (χ4n) is 0.944. The first kappa shape index (κ1) is 6.57. The molecule has 9 heavy (non-hydrogen) atoms. The normalized spacial score (nSPS) is 21.6. The summed E-state index contributed by atoms with van der Waals surface area (Å²) < 4.78 is 0. The average Bonchev–Trinajstić information content (AvgIpc) is 2.48. The number of nitrogens with one attached hydrogen (secondary N) is 1. The highest BCUT2D eigenvalue weighted by molar-refractivity contribution is 5.09. The summed E-state index contributed by atoms with van der Waals surface area (Å²) in [5.74, 6) is 0. The van der Waals surface area contributed by atoms with Gasteiger partial charge >= 0.3 is 0 Å². The van der Waals surface area contributed by atoms with Gasteiger partial charge in [0.25, 0.3) is 5.66 Å². The van der Waals surface area contributed by atoms with E-state index in [2.05, 4.69) is 24.0 Å². The highest BCUT2D eigenvalue weighted by Crippen LogP contribution is 2.36. The molecule has 1 rings (SSSR count). The van der Waals surface area contributed by atoms with E-state index in [1.54, 1.807) is 0 Å². The third-order valence-corrected chi connectivity index (χ3v) is 1.49. The first-order valence-corrected chi connectivity index (χ1v) is 3.35. The predicted molar refractivity (Wildman–Crippen MR) is 36.8 cm³/mol. The van der Waals surface area contributed by atoms with Crippen LogP contribution in [0, 0.1) is 6.57 Å². The lowest BCUT2D eigenvalue weighted by Crippen LogP contribution is -2.33. The molecule has 1 aliphatic carbocycles. The van der Waals surface area contributed by atoms with Crippen molar-refractivity contribution in [1.82, 2.24) is 5.32 Å². The Hall–Kier alpha value is -0.550. The van der Waals surface area contributed by atoms with Gasteiger partial charge in [-0.25, -0.2) is 11.9 Å².